The fourth-order valence-electron chi connectivity index (χ4n) is 2.81. The van der Waals surface area contributed by atoms with Crippen LogP contribution >= 0.6 is 15.9 Å². The van der Waals surface area contributed by atoms with Crippen molar-refractivity contribution in [2.75, 3.05) is 26.0 Å². The quantitative estimate of drug-likeness (QED) is 0.740. The second kappa shape index (κ2) is 7.81. The maximum atomic E-state index is 12.6. The van der Waals surface area contributed by atoms with Gasteiger partial charge in [0.05, 0.1) is 12.9 Å². The largest absolute Gasteiger partial charge is 0.497 e. The Kier molecular flexibility index (Phi) is 5.69. The number of rotatable bonds is 6. The molecule has 1 aliphatic rings. The molecule has 0 bridgehead atoms. The van der Waals surface area contributed by atoms with E-state index in [9.17, 15) is 13.2 Å². The number of hydrogen-bond donors (Lipinski definition) is 1. The molecule has 0 aliphatic carbocycles. The third kappa shape index (κ3) is 4.28. The zero-order chi connectivity index (χ0) is 18.7. The molecule has 9 heteroatoms. The maximum absolute atomic E-state index is 12.6. The molecule has 0 radical (unpaired) electrons. The van der Waals surface area contributed by atoms with Crippen LogP contribution in [0.4, 0.5) is 0 Å². The molecule has 7 nitrogen and oxygen atoms in total. The van der Waals surface area contributed by atoms with Gasteiger partial charge in [-0.1, -0.05) is 6.07 Å². The van der Waals surface area contributed by atoms with Crippen molar-refractivity contribution in [1.82, 2.24) is 9.62 Å². The first-order valence-corrected chi connectivity index (χ1v) is 10.5. The summed E-state index contributed by atoms with van der Waals surface area (Å²) in [5.74, 6) is 0.302. The van der Waals surface area contributed by atoms with Gasteiger partial charge in [-0.25, -0.2) is 8.42 Å². The van der Waals surface area contributed by atoms with Crippen molar-refractivity contribution in [3.63, 3.8) is 0 Å². The van der Waals surface area contributed by atoms with Crippen molar-refractivity contribution < 1.29 is 22.4 Å². The van der Waals surface area contributed by atoms with Gasteiger partial charge in [0.25, 0.3) is 5.91 Å². The lowest BCUT2D eigenvalue weighted by Gasteiger charge is -2.28. The van der Waals surface area contributed by atoms with Gasteiger partial charge >= 0.3 is 0 Å². The summed E-state index contributed by atoms with van der Waals surface area (Å²) in [5.41, 5.74) is 2.08. The van der Waals surface area contributed by atoms with Crippen LogP contribution in [0.25, 0.3) is 0 Å². The molecule has 2 heterocycles. The van der Waals surface area contributed by atoms with Crippen molar-refractivity contribution in [3.05, 3.63) is 51.9 Å². The van der Waals surface area contributed by atoms with E-state index in [2.05, 4.69) is 21.2 Å². The molecular formula is C17H19BrN2O5S. The highest BCUT2D eigenvalue weighted by molar-refractivity contribution is 9.10. The Morgan fingerprint density at radius 3 is 2.81 bits per heavy atom. The van der Waals surface area contributed by atoms with Gasteiger partial charge in [-0.2, -0.15) is 4.31 Å². The van der Waals surface area contributed by atoms with Crippen LogP contribution in [0.1, 0.15) is 21.7 Å². The summed E-state index contributed by atoms with van der Waals surface area (Å²) < 4.78 is 37.4. The molecule has 1 aliphatic heterocycles. The molecule has 2 aromatic rings. The molecular weight excluding hydrogens is 424 g/mol. The average Bonchev–Trinajstić information content (AvgIpc) is 3.07. The summed E-state index contributed by atoms with van der Waals surface area (Å²) in [6.45, 7) is 0.772. The molecule has 0 saturated carbocycles. The van der Waals surface area contributed by atoms with Gasteiger partial charge in [0, 0.05) is 19.6 Å². The van der Waals surface area contributed by atoms with E-state index >= 15 is 0 Å². The monoisotopic (exact) mass is 442 g/mol. The number of amides is 1. The molecule has 1 N–H and O–H groups in total. The third-order valence-electron chi connectivity index (χ3n) is 4.23. The van der Waals surface area contributed by atoms with E-state index < -0.39 is 15.9 Å². The molecule has 1 amide bonds. The van der Waals surface area contributed by atoms with Gasteiger partial charge in [0.1, 0.15) is 5.75 Å². The zero-order valence-corrected chi connectivity index (χ0v) is 16.6. The van der Waals surface area contributed by atoms with E-state index in [4.69, 9.17) is 9.15 Å². The molecule has 140 valence electrons. The molecule has 0 unspecified atom stereocenters. The van der Waals surface area contributed by atoms with Crippen molar-refractivity contribution in [3.8, 4) is 5.75 Å². The second-order valence-corrected chi connectivity index (χ2v) is 8.76. The number of fused-ring (bicyclic) bond motifs is 1. The summed E-state index contributed by atoms with van der Waals surface area (Å²) >= 11 is 3.12. The SMILES string of the molecule is COc1ccc2c(c1)CCN(S(=O)(=O)CCNC(=O)c1ccc(Br)o1)C2. The summed E-state index contributed by atoms with van der Waals surface area (Å²) in [7, 11) is -1.86. The summed E-state index contributed by atoms with van der Waals surface area (Å²) in [4.78, 5) is 11.9. The fourth-order valence-corrected chi connectivity index (χ4v) is 4.44. The lowest BCUT2D eigenvalue weighted by molar-refractivity contribution is 0.0927. The third-order valence-corrected chi connectivity index (χ3v) is 6.47. The Balaban J connectivity index is 1.57. The Hall–Kier alpha value is -1.84. The minimum atomic E-state index is -3.47. The minimum Gasteiger partial charge on any atom is -0.497 e. The van der Waals surface area contributed by atoms with Crippen LogP contribution in [0, 0.1) is 0 Å². The Bertz CT molecular complexity index is 910. The Morgan fingerprint density at radius 2 is 2.12 bits per heavy atom. The number of nitrogens with zero attached hydrogens (tertiary/aromatic N) is 1. The first kappa shape index (κ1) is 18.9. The van der Waals surface area contributed by atoms with Crippen LogP contribution in [0.15, 0.2) is 39.4 Å². The smallest absolute Gasteiger partial charge is 0.287 e. The topological polar surface area (TPSA) is 88.9 Å². The summed E-state index contributed by atoms with van der Waals surface area (Å²) in [6, 6.07) is 8.79. The van der Waals surface area contributed by atoms with Crippen molar-refractivity contribution in [1.29, 1.82) is 0 Å². The number of benzene rings is 1. The second-order valence-electron chi connectivity index (χ2n) is 5.89. The lowest BCUT2D eigenvalue weighted by atomic mass is 10.0. The van der Waals surface area contributed by atoms with Crippen molar-refractivity contribution >= 4 is 31.9 Å². The highest BCUT2D eigenvalue weighted by Gasteiger charge is 2.27. The number of sulfonamides is 1. The number of ether oxygens (including phenoxy) is 1. The van der Waals surface area contributed by atoms with E-state index in [-0.39, 0.29) is 18.1 Å². The lowest BCUT2D eigenvalue weighted by Crippen LogP contribution is -2.40. The number of carbonyl (C=O) groups is 1. The normalized spacial score (nSPS) is 14.7. The molecule has 26 heavy (non-hydrogen) atoms. The Morgan fingerprint density at radius 1 is 1.31 bits per heavy atom. The van der Waals surface area contributed by atoms with E-state index in [1.165, 1.54) is 10.4 Å². The van der Waals surface area contributed by atoms with Crippen molar-refractivity contribution in [2.24, 2.45) is 0 Å². The van der Waals surface area contributed by atoms with E-state index in [0.717, 1.165) is 16.9 Å². The summed E-state index contributed by atoms with van der Waals surface area (Å²) in [6.07, 6.45) is 0.637. The van der Waals surface area contributed by atoms with Crippen LogP contribution in [0.3, 0.4) is 0 Å². The predicted octanol–water partition coefficient (Wildman–Crippen LogP) is 2.17. The number of furan rings is 1. The van der Waals surface area contributed by atoms with E-state index in [0.29, 0.717) is 24.2 Å². The van der Waals surface area contributed by atoms with Crippen LogP contribution in [-0.4, -0.2) is 44.6 Å². The highest BCUT2D eigenvalue weighted by Crippen LogP contribution is 2.25. The number of nitrogens with one attached hydrogen (secondary N) is 1. The standard InChI is InChI=1S/C17H19BrN2O5S/c1-24-14-3-2-13-11-20(8-6-12(13)10-14)26(22,23)9-7-19-17(21)15-4-5-16(18)25-15/h2-5,10H,6-9,11H2,1H3,(H,19,21). The van der Waals surface area contributed by atoms with Gasteiger partial charge in [-0.05, 0) is 57.7 Å². The first-order chi connectivity index (χ1) is 12.4. The first-order valence-electron chi connectivity index (χ1n) is 8.06. The summed E-state index contributed by atoms with van der Waals surface area (Å²) in [5, 5.41) is 2.57. The molecule has 0 spiro atoms. The van der Waals surface area contributed by atoms with Crippen LogP contribution in [-0.2, 0) is 23.0 Å². The van der Waals surface area contributed by atoms with Crippen LogP contribution in [0.5, 0.6) is 5.75 Å². The molecule has 0 atom stereocenters. The van der Waals surface area contributed by atoms with Gasteiger partial charge in [0.15, 0.2) is 10.4 Å². The Labute approximate surface area is 160 Å². The number of methoxy groups -OCH3 is 1. The number of halogens is 1. The van der Waals surface area contributed by atoms with Gasteiger partial charge in [-0.15, -0.1) is 0 Å². The van der Waals surface area contributed by atoms with E-state index in [1.54, 1.807) is 13.2 Å². The molecule has 0 fully saturated rings. The number of carbonyl (C=O) groups excluding carboxylic acids is 1. The van der Waals surface area contributed by atoms with Crippen molar-refractivity contribution in [2.45, 2.75) is 13.0 Å². The molecule has 3 rings (SSSR count). The van der Waals surface area contributed by atoms with Gasteiger partial charge in [-0.3, -0.25) is 4.79 Å². The molecule has 1 aromatic heterocycles. The van der Waals surface area contributed by atoms with E-state index in [1.807, 2.05) is 18.2 Å². The number of hydrogen-bond acceptors (Lipinski definition) is 5. The molecule has 0 saturated heterocycles. The minimum absolute atomic E-state index is 0.0193. The molecule has 1 aromatic carbocycles. The average molecular weight is 443 g/mol. The predicted molar refractivity (Wildman–Crippen MR) is 99.6 cm³/mol. The fraction of sp³-hybridized carbons (Fsp3) is 0.353. The highest BCUT2D eigenvalue weighted by atomic mass is 79.9. The van der Waals surface area contributed by atoms with Crippen LogP contribution < -0.4 is 10.1 Å². The zero-order valence-electron chi connectivity index (χ0n) is 14.2. The van der Waals surface area contributed by atoms with Gasteiger partial charge in [0.2, 0.25) is 10.0 Å². The van der Waals surface area contributed by atoms with Gasteiger partial charge < -0.3 is 14.5 Å². The maximum Gasteiger partial charge on any atom is 0.287 e. The van der Waals surface area contributed by atoms with Crippen LogP contribution in [0.2, 0.25) is 0 Å².